The number of likely N-dealkylation sites (tertiary alicyclic amines) is 1. The number of piperidine rings is 1. The molecule has 6 heteroatoms. The number of anilines is 1. The number of halogens is 3. The van der Waals surface area contributed by atoms with Gasteiger partial charge < -0.3 is 4.90 Å². The van der Waals surface area contributed by atoms with Gasteiger partial charge in [-0.15, -0.1) is 0 Å². The first kappa shape index (κ1) is 20.2. The highest BCUT2D eigenvalue weighted by atomic mass is 19.4. The molecule has 4 rings (SSSR count). The van der Waals surface area contributed by atoms with Gasteiger partial charge in [-0.25, -0.2) is 0 Å². The summed E-state index contributed by atoms with van der Waals surface area (Å²) in [6.45, 7) is 6.26. The summed E-state index contributed by atoms with van der Waals surface area (Å²) >= 11 is 0. The van der Waals surface area contributed by atoms with Crippen LogP contribution in [0.15, 0.2) is 54.6 Å². The first-order chi connectivity index (χ1) is 14.0. The van der Waals surface area contributed by atoms with Crippen LogP contribution in [0.25, 0.3) is 0 Å². The summed E-state index contributed by atoms with van der Waals surface area (Å²) < 4.78 is 39.7. The molecular weight excluding hydrogens is 375 g/mol. The molecule has 29 heavy (non-hydrogen) atoms. The van der Waals surface area contributed by atoms with Crippen molar-refractivity contribution >= 4 is 5.69 Å². The zero-order chi connectivity index (χ0) is 20.3. The van der Waals surface area contributed by atoms with Crippen LogP contribution < -0.4 is 4.90 Å². The lowest BCUT2D eigenvalue weighted by molar-refractivity contribution is -0.138. The van der Waals surface area contributed by atoms with Crippen molar-refractivity contribution in [2.24, 2.45) is 0 Å². The molecule has 2 fully saturated rings. The SMILES string of the molecule is FC(F)(F)c1ccccc1CN1CCC(N2CCN(c3ccccc3)CC2)CC1. The van der Waals surface area contributed by atoms with Crippen LogP contribution in [0.4, 0.5) is 18.9 Å². The average Bonchev–Trinajstić information content (AvgIpc) is 2.75. The number of rotatable bonds is 4. The highest BCUT2D eigenvalue weighted by Gasteiger charge is 2.34. The molecule has 2 heterocycles. The maximum atomic E-state index is 13.2. The zero-order valence-electron chi connectivity index (χ0n) is 16.6. The van der Waals surface area contributed by atoms with Gasteiger partial charge in [0.15, 0.2) is 0 Å². The third-order valence-electron chi connectivity index (χ3n) is 6.23. The quantitative estimate of drug-likeness (QED) is 0.745. The Morgan fingerprint density at radius 3 is 2.03 bits per heavy atom. The minimum atomic E-state index is -4.28. The Kier molecular flexibility index (Phi) is 6.11. The molecule has 0 radical (unpaired) electrons. The molecule has 2 aliphatic heterocycles. The van der Waals surface area contributed by atoms with E-state index < -0.39 is 11.7 Å². The van der Waals surface area contributed by atoms with E-state index in [1.165, 1.54) is 17.8 Å². The molecule has 0 amide bonds. The predicted molar refractivity (Wildman–Crippen MR) is 110 cm³/mol. The molecule has 156 valence electrons. The summed E-state index contributed by atoms with van der Waals surface area (Å²) in [5.74, 6) is 0. The van der Waals surface area contributed by atoms with E-state index in [2.05, 4.69) is 39.0 Å². The van der Waals surface area contributed by atoms with Gasteiger partial charge in [0.25, 0.3) is 0 Å². The van der Waals surface area contributed by atoms with Gasteiger partial charge in [-0.1, -0.05) is 36.4 Å². The minimum absolute atomic E-state index is 0.379. The first-order valence-electron chi connectivity index (χ1n) is 10.4. The second-order valence-corrected chi connectivity index (χ2v) is 8.02. The highest BCUT2D eigenvalue weighted by Crippen LogP contribution is 2.33. The molecule has 0 aliphatic carbocycles. The third kappa shape index (κ3) is 4.93. The van der Waals surface area contributed by atoms with Gasteiger partial charge >= 0.3 is 6.18 Å². The third-order valence-corrected chi connectivity index (χ3v) is 6.23. The van der Waals surface area contributed by atoms with E-state index in [9.17, 15) is 13.2 Å². The molecule has 2 saturated heterocycles. The Hall–Kier alpha value is -2.05. The monoisotopic (exact) mass is 403 g/mol. The molecule has 2 aromatic carbocycles. The number of nitrogens with zero attached hydrogens (tertiary/aromatic N) is 3. The van der Waals surface area contributed by atoms with Crippen molar-refractivity contribution in [2.75, 3.05) is 44.2 Å². The van der Waals surface area contributed by atoms with E-state index in [0.717, 1.165) is 52.1 Å². The summed E-state index contributed by atoms with van der Waals surface area (Å²) in [6.07, 6.45) is -2.23. The van der Waals surface area contributed by atoms with Crippen molar-refractivity contribution in [2.45, 2.75) is 31.6 Å². The van der Waals surface area contributed by atoms with Gasteiger partial charge in [0.1, 0.15) is 0 Å². The van der Waals surface area contributed by atoms with Gasteiger partial charge in [-0.3, -0.25) is 9.80 Å². The van der Waals surface area contributed by atoms with E-state index in [-0.39, 0.29) is 0 Å². The fourth-order valence-corrected chi connectivity index (χ4v) is 4.60. The number of alkyl halides is 3. The van der Waals surface area contributed by atoms with E-state index in [1.807, 2.05) is 6.07 Å². The number of hydrogen-bond acceptors (Lipinski definition) is 3. The van der Waals surface area contributed by atoms with Crippen LogP contribution >= 0.6 is 0 Å². The summed E-state index contributed by atoms with van der Waals surface area (Å²) in [5.41, 5.74) is 1.17. The van der Waals surface area contributed by atoms with Crippen LogP contribution in [0.2, 0.25) is 0 Å². The molecule has 0 unspecified atom stereocenters. The largest absolute Gasteiger partial charge is 0.416 e. The Morgan fingerprint density at radius 1 is 0.759 bits per heavy atom. The predicted octanol–water partition coefficient (Wildman–Crippen LogP) is 4.49. The molecule has 2 aromatic rings. The number of benzene rings is 2. The van der Waals surface area contributed by atoms with E-state index in [4.69, 9.17) is 0 Å². The molecule has 0 spiro atoms. The van der Waals surface area contributed by atoms with Crippen LogP contribution in [0.3, 0.4) is 0 Å². The Morgan fingerprint density at radius 2 is 1.38 bits per heavy atom. The fourth-order valence-electron chi connectivity index (χ4n) is 4.60. The molecule has 0 saturated carbocycles. The van der Waals surface area contributed by atoms with E-state index >= 15 is 0 Å². The Labute approximate surface area is 170 Å². The second kappa shape index (κ2) is 8.76. The normalized spacial score (nSPS) is 20.2. The maximum Gasteiger partial charge on any atom is 0.416 e. The summed E-state index contributed by atoms with van der Waals surface area (Å²) in [6, 6.07) is 17.0. The topological polar surface area (TPSA) is 9.72 Å². The fraction of sp³-hybridized carbons (Fsp3) is 0.478. The smallest absolute Gasteiger partial charge is 0.369 e. The maximum absolute atomic E-state index is 13.2. The highest BCUT2D eigenvalue weighted by molar-refractivity contribution is 5.46. The zero-order valence-corrected chi connectivity index (χ0v) is 16.6. The summed E-state index contributed by atoms with van der Waals surface area (Å²) in [7, 11) is 0. The lowest BCUT2D eigenvalue weighted by atomic mass is 10.00. The lowest BCUT2D eigenvalue weighted by Gasteiger charge is -2.43. The average molecular weight is 403 g/mol. The van der Waals surface area contributed by atoms with Gasteiger partial charge in [0, 0.05) is 44.5 Å². The minimum Gasteiger partial charge on any atom is -0.369 e. The van der Waals surface area contributed by atoms with Gasteiger partial charge in [0.05, 0.1) is 5.56 Å². The summed E-state index contributed by atoms with van der Waals surface area (Å²) in [4.78, 5) is 7.17. The van der Waals surface area contributed by atoms with Crippen LogP contribution in [-0.2, 0) is 12.7 Å². The van der Waals surface area contributed by atoms with E-state index in [0.29, 0.717) is 18.2 Å². The molecule has 0 bridgehead atoms. The van der Waals surface area contributed by atoms with Gasteiger partial charge in [-0.2, -0.15) is 13.2 Å². The van der Waals surface area contributed by atoms with Crippen molar-refractivity contribution in [1.29, 1.82) is 0 Å². The lowest BCUT2D eigenvalue weighted by Crippen LogP contribution is -2.53. The van der Waals surface area contributed by atoms with Crippen molar-refractivity contribution in [3.63, 3.8) is 0 Å². The van der Waals surface area contributed by atoms with Crippen LogP contribution in [-0.4, -0.2) is 55.1 Å². The van der Waals surface area contributed by atoms with Crippen molar-refractivity contribution in [3.05, 3.63) is 65.7 Å². The molecule has 0 aromatic heterocycles. The van der Waals surface area contributed by atoms with Gasteiger partial charge in [0.2, 0.25) is 0 Å². The van der Waals surface area contributed by atoms with Crippen molar-refractivity contribution in [3.8, 4) is 0 Å². The molecule has 0 atom stereocenters. The van der Waals surface area contributed by atoms with Crippen LogP contribution in [0.1, 0.15) is 24.0 Å². The molecule has 3 nitrogen and oxygen atoms in total. The van der Waals surface area contributed by atoms with Gasteiger partial charge in [-0.05, 0) is 49.7 Å². The first-order valence-corrected chi connectivity index (χ1v) is 10.4. The number of para-hydroxylation sites is 1. The summed E-state index contributed by atoms with van der Waals surface area (Å²) in [5, 5.41) is 0. The second-order valence-electron chi connectivity index (χ2n) is 8.02. The molecular formula is C23H28F3N3. The Balaban J connectivity index is 1.28. The molecule has 2 aliphatic rings. The van der Waals surface area contributed by atoms with Crippen molar-refractivity contribution < 1.29 is 13.2 Å². The standard InChI is InChI=1S/C23H28F3N3/c24-23(25,26)22-9-5-4-6-19(22)18-27-12-10-21(11-13-27)29-16-14-28(15-17-29)20-7-2-1-3-8-20/h1-9,21H,10-18H2. The van der Waals surface area contributed by atoms with Crippen LogP contribution in [0.5, 0.6) is 0 Å². The number of hydrogen-bond donors (Lipinski definition) is 0. The Bertz CT molecular complexity index is 777. The van der Waals surface area contributed by atoms with E-state index in [1.54, 1.807) is 12.1 Å². The van der Waals surface area contributed by atoms with Crippen molar-refractivity contribution in [1.82, 2.24) is 9.80 Å². The molecule has 0 N–H and O–H groups in total. The van der Waals surface area contributed by atoms with Crippen LogP contribution in [0, 0.1) is 0 Å². The number of piperazine rings is 1.